The maximum absolute atomic E-state index is 12.1. The van der Waals surface area contributed by atoms with Gasteiger partial charge >= 0.3 is 5.97 Å². The number of benzene rings is 2. The Bertz CT molecular complexity index is 753. The van der Waals surface area contributed by atoms with Crippen molar-refractivity contribution in [1.82, 2.24) is 0 Å². The third-order valence-corrected chi connectivity index (χ3v) is 4.06. The first-order chi connectivity index (χ1) is 13.2. The Labute approximate surface area is 161 Å². The van der Waals surface area contributed by atoms with E-state index in [1.807, 2.05) is 48.5 Å². The number of carbonyl (C=O) groups is 1. The van der Waals surface area contributed by atoms with Gasteiger partial charge in [-0.3, -0.25) is 0 Å². The molecule has 0 radical (unpaired) electrons. The van der Waals surface area contributed by atoms with E-state index in [0.717, 1.165) is 35.5 Å². The van der Waals surface area contributed by atoms with Crippen LogP contribution in [0.4, 0.5) is 5.69 Å². The molecule has 0 saturated heterocycles. The molecule has 0 aliphatic rings. The third kappa shape index (κ3) is 6.06. The van der Waals surface area contributed by atoms with E-state index >= 15 is 0 Å². The number of carbonyl (C=O) groups excluding carboxylic acids is 1. The minimum Gasteiger partial charge on any atom is -0.503 e. The van der Waals surface area contributed by atoms with Gasteiger partial charge < -0.3 is 19.5 Å². The lowest BCUT2D eigenvalue weighted by molar-refractivity contribution is -0.133. The van der Waals surface area contributed by atoms with Crippen molar-refractivity contribution in [2.75, 3.05) is 26.1 Å². The first-order valence-corrected chi connectivity index (χ1v) is 9.05. The molecule has 2 rings (SSSR count). The summed E-state index contributed by atoms with van der Waals surface area (Å²) >= 11 is 0. The Hall–Kier alpha value is -2.95. The van der Waals surface area contributed by atoms with Crippen molar-refractivity contribution in [3.63, 3.8) is 0 Å². The van der Waals surface area contributed by atoms with Gasteiger partial charge in [-0.1, -0.05) is 37.6 Å². The van der Waals surface area contributed by atoms with Crippen LogP contribution in [0.5, 0.6) is 5.75 Å². The summed E-state index contributed by atoms with van der Waals surface area (Å²) in [6, 6.07) is 15.4. The molecule has 0 bridgehead atoms. The number of hydrogen-bond acceptors (Lipinski definition) is 5. The van der Waals surface area contributed by atoms with Crippen molar-refractivity contribution in [2.24, 2.45) is 0 Å². The standard InChI is InChI=1S/C22H27NO4/c1-4-5-14-23-18-10-12-19(13-11-18)27-15-17-8-6-7-9-20(17)21(16-25-2)22(24)26-3/h6-13,16,23H,4-5,14-15H2,1-3H3/b21-16+. The van der Waals surface area contributed by atoms with E-state index in [1.54, 1.807) is 0 Å². The number of unbranched alkanes of at least 4 members (excludes halogenated alkanes) is 1. The Kier molecular flexibility index (Phi) is 8.23. The molecule has 2 aromatic rings. The summed E-state index contributed by atoms with van der Waals surface area (Å²) in [5, 5.41) is 3.38. The summed E-state index contributed by atoms with van der Waals surface area (Å²) < 4.78 is 15.8. The second-order valence-electron chi connectivity index (χ2n) is 6.01. The van der Waals surface area contributed by atoms with Crippen molar-refractivity contribution in [1.29, 1.82) is 0 Å². The highest BCUT2D eigenvalue weighted by Gasteiger charge is 2.16. The van der Waals surface area contributed by atoms with Crippen LogP contribution in [0.3, 0.4) is 0 Å². The summed E-state index contributed by atoms with van der Waals surface area (Å²) in [5.41, 5.74) is 3.03. The van der Waals surface area contributed by atoms with Gasteiger partial charge in [-0.05, 0) is 41.8 Å². The highest BCUT2D eigenvalue weighted by molar-refractivity contribution is 6.16. The molecular weight excluding hydrogens is 342 g/mol. The molecule has 0 heterocycles. The van der Waals surface area contributed by atoms with E-state index in [-0.39, 0.29) is 0 Å². The van der Waals surface area contributed by atoms with Gasteiger partial charge in [0.15, 0.2) is 0 Å². The van der Waals surface area contributed by atoms with Crippen LogP contribution in [-0.4, -0.2) is 26.7 Å². The SMILES string of the molecule is CCCCNc1ccc(OCc2ccccc2/C(=C\OC)C(=O)OC)cc1. The van der Waals surface area contributed by atoms with Crippen LogP contribution in [-0.2, 0) is 20.9 Å². The van der Waals surface area contributed by atoms with Crippen LogP contribution in [0.1, 0.15) is 30.9 Å². The first kappa shape index (κ1) is 20.4. The molecular formula is C22H27NO4. The van der Waals surface area contributed by atoms with Crippen molar-refractivity contribution in [3.8, 4) is 5.75 Å². The molecule has 0 amide bonds. The van der Waals surface area contributed by atoms with E-state index < -0.39 is 5.97 Å². The predicted octanol–water partition coefficient (Wildman–Crippen LogP) is 4.64. The summed E-state index contributed by atoms with van der Waals surface area (Å²) in [7, 11) is 2.85. The Balaban J connectivity index is 2.08. The molecule has 2 aromatic carbocycles. The van der Waals surface area contributed by atoms with Gasteiger partial charge in [0.25, 0.3) is 0 Å². The van der Waals surface area contributed by atoms with Crippen molar-refractivity contribution in [3.05, 3.63) is 65.9 Å². The number of anilines is 1. The maximum Gasteiger partial charge on any atom is 0.341 e. The van der Waals surface area contributed by atoms with Crippen molar-refractivity contribution < 1.29 is 19.0 Å². The lowest BCUT2D eigenvalue weighted by atomic mass is 10.0. The minimum atomic E-state index is -0.452. The zero-order valence-electron chi connectivity index (χ0n) is 16.2. The largest absolute Gasteiger partial charge is 0.503 e. The van der Waals surface area contributed by atoms with Gasteiger partial charge in [-0.25, -0.2) is 4.79 Å². The molecule has 27 heavy (non-hydrogen) atoms. The predicted molar refractivity (Wildman–Crippen MR) is 108 cm³/mol. The normalized spacial score (nSPS) is 11.0. The fraction of sp³-hybridized carbons (Fsp3) is 0.318. The molecule has 0 unspecified atom stereocenters. The van der Waals surface area contributed by atoms with E-state index in [4.69, 9.17) is 14.2 Å². The molecule has 0 aliphatic heterocycles. The van der Waals surface area contributed by atoms with Crippen molar-refractivity contribution in [2.45, 2.75) is 26.4 Å². The summed E-state index contributed by atoms with van der Waals surface area (Å²) in [6.45, 7) is 3.47. The molecule has 0 aromatic heterocycles. The fourth-order valence-corrected chi connectivity index (χ4v) is 2.60. The van der Waals surface area contributed by atoms with E-state index in [1.165, 1.54) is 26.9 Å². The average molecular weight is 369 g/mol. The third-order valence-electron chi connectivity index (χ3n) is 4.06. The number of esters is 1. The van der Waals surface area contributed by atoms with E-state index in [0.29, 0.717) is 12.2 Å². The number of hydrogen-bond donors (Lipinski definition) is 1. The van der Waals surface area contributed by atoms with Crippen molar-refractivity contribution >= 4 is 17.2 Å². The van der Waals surface area contributed by atoms with Crippen LogP contribution in [0, 0.1) is 0 Å². The quantitative estimate of drug-likeness (QED) is 0.286. The molecule has 1 N–H and O–H groups in total. The number of nitrogens with one attached hydrogen (secondary N) is 1. The summed E-state index contributed by atoms with van der Waals surface area (Å²) in [5.74, 6) is 0.313. The Morgan fingerprint density at radius 1 is 1.07 bits per heavy atom. The zero-order chi connectivity index (χ0) is 19.5. The van der Waals surface area contributed by atoms with Gasteiger partial charge in [0, 0.05) is 12.2 Å². The van der Waals surface area contributed by atoms with Crippen LogP contribution >= 0.6 is 0 Å². The molecule has 144 valence electrons. The molecule has 5 heteroatoms. The second kappa shape index (κ2) is 10.9. The summed E-state index contributed by atoms with van der Waals surface area (Å²) in [6.07, 6.45) is 3.70. The highest BCUT2D eigenvalue weighted by Crippen LogP contribution is 2.23. The van der Waals surface area contributed by atoms with E-state index in [2.05, 4.69) is 12.2 Å². The smallest absolute Gasteiger partial charge is 0.341 e. The van der Waals surface area contributed by atoms with Crippen LogP contribution < -0.4 is 10.1 Å². The van der Waals surface area contributed by atoms with Gasteiger partial charge in [0.2, 0.25) is 0 Å². The van der Waals surface area contributed by atoms with Gasteiger partial charge in [0.05, 0.1) is 20.5 Å². The maximum atomic E-state index is 12.1. The molecule has 0 spiro atoms. The summed E-state index contributed by atoms with van der Waals surface area (Å²) in [4.78, 5) is 12.1. The van der Waals surface area contributed by atoms with E-state index in [9.17, 15) is 4.79 Å². The average Bonchev–Trinajstić information content (AvgIpc) is 2.71. The van der Waals surface area contributed by atoms with Gasteiger partial charge in [-0.2, -0.15) is 0 Å². The zero-order valence-corrected chi connectivity index (χ0v) is 16.2. The second-order valence-corrected chi connectivity index (χ2v) is 6.01. The first-order valence-electron chi connectivity index (χ1n) is 9.05. The lowest BCUT2D eigenvalue weighted by Gasteiger charge is -2.13. The number of rotatable bonds is 10. The topological polar surface area (TPSA) is 56.8 Å². The monoisotopic (exact) mass is 369 g/mol. The molecule has 0 fully saturated rings. The molecule has 0 saturated carbocycles. The van der Waals surface area contributed by atoms with Crippen LogP contribution in [0.2, 0.25) is 0 Å². The fourth-order valence-electron chi connectivity index (χ4n) is 2.60. The Morgan fingerprint density at radius 2 is 1.81 bits per heavy atom. The number of ether oxygens (including phenoxy) is 3. The van der Waals surface area contributed by atoms with Gasteiger partial charge in [-0.15, -0.1) is 0 Å². The molecule has 0 aliphatic carbocycles. The number of methoxy groups -OCH3 is 2. The lowest BCUT2D eigenvalue weighted by Crippen LogP contribution is -2.08. The van der Waals surface area contributed by atoms with Crippen LogP contribution in [0.15, 0.2) is 54.8 Å². The highest BCUT2D eigenvalue weighted by atomic mass is 16.5. The Morgan fingerprint density at radius 3 is 2.48 bits per heavy atom. The minimum absolute atomic E-state index is 0.330. The molecule has 5 nitrogen and oxygen atoms in total. The van der Waals surface area contributed by atoms with Crippen LogP contribution in [0.25, 0.3) is 5.57 Å². The van der Waals surface area contributed by atoms with Gasteiger partial charge in [0.1, 0.15) is 17.9 Å². The molecule has 0 atom stereocenters.